The molecule has 0 saturated heterocycles. The minimum atomic E-state index is -1.03. The number of pyridine rings is 2. The number of aliphatic hydroxyl groups excluding tert-OH is 1. The molecule has 9 heteroatoms. The standard InChI is InChI=1S/C29H28N2O7/c1-16-7-19(25-20(16)11-30(10-18(3)32)13-22(25)27(35)37-5)9-29(4)8-17(2)21-12-31(15-24(33)34)14-23(26(21)29)28(36)38-6/h7-9,11-14H,3,10,15H2,1-2,4-6H3/p+2/b19-9+. The van der Waals surface area contributed by atoms with Crippen molar-refractivity contribution < 1.29 is 43.2 Å². The molecular formula is C29H30N2O7+2. The highest BCUT2D eigenvalue weighted by Crippen LogP contribution is 2.46. The molecule has 1 unspecified atom stereocenters. The van der Waals surface area contributed by atoms with Gasteiger partial charge in [0.15, 0.2) is 30.5 Å². The molecular weight excluding hydrogens is 488 g/mol. The maximum atomic E-state index is 12.9. The third kappa shape index (κ3) is 4.63. The molecule has 0 aliphatic heterocycles. The zero-order valence-electron chi connectivity index (χ0n) is 22.0. The van der Waals surface area contributed by atoms with Gasteiger partial charge < -0.3 is 19.7 Å². The van der Waals surface area contributed by atoms with Gasteiger partial charge in [0.2, 0.25) is 13.1 Å². The summed E-state index contributed by atoms with van der Waals surface area (Å²) in [6.45, 7) is 9.15. The molecule has 0 spiro atoms. The molecule has 2 aromatic rings. The Labute approximate surface area is 220 Å². The van der Waals surface area contributed by atoms with Crippen LogP contribution < -0.4 is 9.13 Å². The molecule has 2 aliphatic carbocycles. The normalized spacial score (nSPS) is 18.4. The van der Waals surface area contributed by atoms with Gasteiger partial charge in [-0.15, -0.1) is 0 Å². The minimum absolute atomic E-state index is 0.0488. The van der Waals surface area contributed by atoms with Crippen LogP contribution in [-0.4, -0.2) is 42.3 Å². The SMILES string of the molecule is C=C(O)C[n+]1cc(C(=O)OC)c2c(c1)C(C)=C/C2=C\C1(C)C=C(C)c2c[n+](CC(=O)O)cc(C(=O)OC)c21. The van der Waals surface area contributed by atoms with Crippen molar-refractivity contribution in [3.63, 3.8) is 0 Å². The van der Waals surface area contributed by atoms with Gasteiger partial charge in [-0.3, -0.25) is 0 Å². The number of esters is 2. The first-order valence-electron chi connectivity index (χ1n) is 11.9. The highest BCUT2D eigenvalue weighted by Gasteiger charge is 2.40. The monoisotopic (exact) mass is 518 g/mol. The van der Waals surface area contributed by atoms with E-state index < -0.39 is 23.3 Å². The number of allylic oxidation sites excluding steroid dienone is 7. The number of aromatic nitrogens is 2. The molecule has 0 bridgehead atoms. The van der Waals surface area contributed by atoms with Crippen LogP contribution >= 0.6 is 0 Å². The van der Waals surface area contributed by atoms with Crippen LogP contribution in [0.15, 0.2) is 55.4 Å². The molecule has 2 N–H and O–H groups in total. The number of rotatable bonds is 7. The first kappa shape index (κ1) is 26.5. The summed E-state index contributed by atoms with van der Waals surface area (Å²) in [7, 11) is 2.60. The van der Waals surface area contributed by atoms with Crippen LogP contribution in [0.5, 0.6) is 0 Å². The number of carboxylic acid groups (broad SMARTS) is 1. The summed E-state index contributed by atoms with van der Waals surface area (Å²) in [5.41, 5.74) is 5.30. The van der Waals surface area contributed by atoms with E-state index in [2.05, 4.69) is 6.58 Å². The topological polar surface area (TPSA) is 118 Å². The Balaban J connectivity index is 1.95. The number of aliphatic hydroxyl groups is 1. The largest absolute Gasteiger partial charge is 0.506 e. The maximum Gasteiger partial charge on any atom is 0.370 e. The van der Waals surface area contributed by atoms with Gasteiger partial charge in [0.1, 0.15) is 11.1 Å². The fourth-order valence-corrected chi connectivity index (χ4v) is 5.39. The Morgan fingerprint density at radius 2 is 1.50 bits per heavy atom. The van der Waals surface area contributed by atoms with Crippen LogP contribution in [0.25, 0.3) is 16.7 Å². The molecule has 0 amide bonds. The molecule has 0 saturated carbocycles. The van der Waals surface area contributed by atoms with Gasteiger partial charge in [-0.1, -0.05) is 24.8 Å². The lowest BCUT2D eigenvalue weighted by atomic mass is 9.80. The van der Waals surface area contributed by atoms with Crippen LogP contribution in [-0.2, 0) is 32.8 Å². The lowest BCUT2D eigenvalue weighted by Gasteiger charge is -2.23. The second-order valence-corrected chi connectivity index (χ2v) is 9.75. The highest BCUT2D eigenvalue weighted by atomic mass is 16.5. The molecule has 2 heterocycles. The van der Waals surface area contributed by atoms with E-state index in [-0.39, 0.29) is 24.4 Å². The maximum absolute atomic E-state index is 12.9. The Hall–Kier alpha value is -4.53. The number of ether oxygens (including phenoxy) is 2. The van der Waals surface area contributed by atoms with Crippen molar-refractivity contribution in [1.82, 2.24) is 0 Å². The minimum Gasteiger partial charge on any atom is -0.506 e. The van der Waals surface area contributed by atoms with Crippen molar-refractivity contribution in [3.05, 3.63) is 88.7 Å². The molecule has 2 aromatic heterocycles. The van der Waals surface area contributed by atoms with Gasteiger partial charge >= 0.3 is 17.9 Å². The summed E-state index contributed by atoms with van der Waals surface area (Å²) in [6, 6.07) is 0. The van der Waals surface area contributed by atoms with Crippen LogP contribution in [0.4, 0.5) is 0 Å². The van der Waals surface area contributed by atoms with Gasteiger partial charge in [-0.2, -0.15) is 9.13 Å². The number of carbonyl (C=O) groups is 3. The average molecular weight is 519 g/mol. The van der Waals surface area contributed by atoms with Gasteiger partial charge in [-0.05, 0) is 43.1 Å². The zero-order valence-corrected chi connectivity index (χ0v) is 22.0. The summed E-state index contributed by atoms with van der Waals surface area (Å²) in [4.78, 5) is 37.1. The van der Waals surface area contributed by atoms with E-state index in [4.69, 9.17) is 9.47 Å². The average Bonchev–Trinajstić information content (AvgIpc) is 3.28. The van der Waals surface area contributed by atoms with Crippen molar-refractivity contribution in [1.29, 1.82) is 0 Å². The van der Waals surface area contributed by atoms with Crippen molar-refractivity contribution in [2.75, 3.05) is 14.2 Å². The Kier molecular flexibility index (Phi) is 6.80. The number of fused-ring (bicyclic) bond motifs is 2. The lowest BCUT2D eigenvalue weighted by molar-refractivity contribution is -0.691. The molecule has 1 atom stereocenters. The molecule has 196 valence electrons. The number of methoxy groups -OCH3 is 2. The smallest absolute Gasteiger partial charge is 0.370 e. The third-order valence-corrected chi connectivity index (χ3v) is 6.77. The lowest BCUT2D eigenvalue weighted by Crippen LogP contribution is -2.40. The molecule has 0 aromatic carbocycles. The number of aliphatic carboxylic acids is 1. The van der Waals surface area contributed by atoms with Crippen molar-refractivity contribution in [2.45, 2.75) is 39.3 Å². The Bertz CT molecular complexity index is 1510. The van der Waals surface area contributed by atoms with Gasteiger partial charge in [0.25, 0.3) is 0 Å². The molecule has 4 rings (SSSR count). The van der Waals surface area contributed by atoms with Gasteiger partial charge in [0.05, 0.1) is 19.8 Å². The number of hydrogen-bond acceptors (Lipinski definition) is 6. The molecule has 0 fully saturated rings. The van der Waals surface area contributed by atoms with Crippen LogP contribution in [0.1, 0.15) is 63.7 Å². The summed E-state index contributed by atoms with van der Waals surface area (Å²) in [5.74, 6) is -2.18. The van der Waals surface area contributed by atoms with Crippen LogP contribution in [0.3, 0.4) is 0 Å². The van der Waals surface area contributed by atoms with Crippen molar-refractivity contribution in [3.8, 4) is 0 Å². The van der Waals surface area contributed by atoms with Crippen LogP contribution in [0.2, 0.25) is 0 Å². The molecule has 38 heavy (non-hydrogen) atoms. The first-order valence-corrected chi connectivity index (χ1v) is 11.9. The first-order chi connectivity index (χ1) is 17.9. The van der Waals surface area contributed by atoms with E-state index in [0.29, 0.717) is 16.7 Å². The van der Waals surface area contributed by atoms with E-state index in [0.717, 1.165) is 27.8 Å². The Morgan fingerprint density at radius 3 is 2.11 bits per heavy atom. The second-order valence-electron chi connectivity index (χ2n) is 9.75. The Morgan fingerprint density at radius 1 is 0.921 bits per heavy atom. The third-order valence-electron chi connectivity index (χ3n) is 6.77. The predicted molar refractivity (Wildman–Crippen MR) is 138 cm³/mol. The molecule has 0 radical (unpaired) electrons. The van der Waals surface area contributed by atoms with E-state index in [1.54, 1.807) is 17.0 Å². The number of nitrogens with zero attached hydrogens (tertiary/aromatic N) is 2. The molecule has 2 aliphatic rings. The predicted octanol–water partition coefficient (Wildman–Crippen LogP) is 3.17. The van der Waals surface area contributed by atoms with Crippen molar-refractivity contribution >= 4 is 34.6 Å². The number of carboxylic acids is 1. The van der Waals surface area contributed by atoms with E-state index >= 15 is 0 Å². The summed E-state index contributed by atoms with van der Waals surface area (Å²) in [5, 5.41) is 19.0. The quantitative estimate of drug-likeness (QED) is 0.328. The fraction of sp³-hybridized carbons (Fsp3) is 0.276. The van der Waals surface area contributed by atoms with E-state index in [1.807, 2.05) is 45.2 Å². The van der Waals surface area contributed by atoms with Crippen LogP contribution in [0, 0.1) is 0 Å². The molecule has 9 nitrogen and oxygen atoms in total. The van der Waals surface area contributed by atoms with Crippen molar-refractivity contribution in [2.24, 2.45) is 0 Å². The summed E-state index contributed by atoms with van der Waals surface area (Å²) < 4.78 is 13.3. The van der Waals surface area contributed by atoms with Gasteiger partial charge in [-0.25, -0.2) is 14.4 Å². The number of hydrogen-bond donors (Lipinski definition) is 2. The zero-order chi connectivity index (χ0) is 27.9. The van der Waals surface area contributed by atoms with E-state index in [9.17, 15) is 24.6 Å². The second kappa shape index (κ2) is 9.74. The number of carbonyl (C=O) groups excluding carboxylic acids is 2. The van der Waals surface area contributed by atoms with Gasteiger partial charge in [0, 0.05) is 16.5 Å². The summed E-state index contributed by atoms with van der Waals surface area (Å²) >= 11 is 0. The highest BCUT2D eigenvalue weighted by molar-refractivity contribution is 6.05. The fourth-order valence-electron chi connectivity index (χ4n) is 5.39. The van der Waals surface area contributed by atoms with E-state index in [1.165, 1.54) is 25.0 Å². The summed E-state index contributed by atoms with van der Waals surface area (Å²) in [6.07, 6.45) is 12.7.